The topological polar surface area (TPSA) is 64.7 Å². The molecule has 1 aliphatic carbocycles. The zero-order valence-corrected chi connectivity index (χ0v) is 7.49. The quantitative estimate of drug-likeness (QED) is 0.658. The van der Waals surface area contributed by atoms with E-state index in [1.165, 1.54) is 12.8 Å². The smallest absolute Gasteiger partial charge is 0.191 e. The van der Waals surface area contributed by atoms with Crippen LogP contribution in [0.4, 0.5) is 0 Å². The molecule has 3 heteroatoms. The van der Waals surface area contributed by atoms with Crippen LogP contribution >= 0.6 is 0 Å². The van der Waals surface area contributed by atoms with Gasteiger partial charge in [-0.15, -0.1) is 0 Å². The standard InChI is InChI=1S/C10H12N2O/c11-6-9(7-12)10(13)5-8-3-1-2-4-8/h8-9H,1-5H2. The average molecular weight is 176 g/mol. The summed E-state index contributed by atoms with van der Waals surface area (Å²) in [5.74, 6) is -0.811. The number of ketones is 1. The number of nitriles is 2. The lowest BCUT2D eigenvalue weighted by molar-refractivity contribution is -0.120. The molecule has 0 spiro atoms. The Balaban J connectivity index is 2.41. The highest BCUT2D eigenvalue weighted by atomic mass is 16.1. The highest BCUT2D eigenvalue weighted by Gasteiger charge is 2.23. The van der Waals surface area contributed by atoms with Gasteiger partial charge in [0.15, 0.2) is 11.7 Å². The molecule has 0 saturated heterocycles. The average Bonchev–Trinajstić information content (AvgIpc) is 2.59. The largest absolute Gasteiger partial charge is 0.297 e. The van der Waals surface area contributed by atoms with Gasteiger partial charge in [0.25, 0.3) is 0 Å². The van der Waals surface area contributed by atoms with Gasteiger partial charge in [-0.2, -0.15) is 10.5 Å². The molecule has 13 heavy (non-hydrogen) atoms. The fraction of sp³-hybridized carbons (Fsp3) is 0.700. The minimum absolute atomic E-state index is 0.197. The minimum Gasteiger partial charge on any atom is -0.297 e. The van der Waals surface area contributed by atoms with E-state index >= 15 is 0 Å². The van der Waals surface area contributed by atoms with Crippen molar-refractivity contribution in [2.24, 2.45) is 11.8 Å². The molecule has 0 aromatic carbocycles. The molecular formula is C10H12N2O. The van der Waals surface area contributed by atoms with E-state index in [1.807, 2.05) is 0 Å². The predicted molar refractivity (Wildman–Crippen MR) is 46.3 cm³/mol. The summed E-state index contributed by atoms with van der Waals surface area (Å²) in [6.45, 7) is 0. The van der Waals surface area contributed by atoms with Crippen LogP contribution in [-0.4, -0.2) is 5.78 Å². The second-order valence-corrected chi connectivity index (χ2v) is 3.51. The van der Waals surface area contributed by atoms with Gasteiger partial charge in [-0.25, -0.2) is 0 Å². The van der Waals surface area contributed by atoms with Gasteiger partial charge in [0, 0.05) is 6.42 Å². The molecule has 0 N–H and O–H groups in total. The van der Waals surface area contributed by atoms with Gasteiger partial charge in [-0.05, 0) is 5.92 Å². The summed E-state index contributed by atoms with van der Waals surface area (Å²) in [5.41, 5.74) is 0. The van der Waals surface area contributed by atoms with Crippen LogP contribution in [0.15, 0.2) is 0 Å². The van der Waals surface area contributed by atoms with Gasteiger partial charge in [-0.3, -0.25) is 4.79 Å². The number of Topliss-reactive ketones (excluding diaryl/α,β-unsaturated/α-hetero) is 1. The number of hydrogen-bond acceptors (Lipinski definition) is 3. The first-order valence-electron chi connectivity index (χ1n) is 4.60. The maximum atomic E-state index is 11.3. The lowest BCUT2D eigenvalue weighted by atomic mass is 9.95. The van der Waals surface area contributed by atoms with Gasteiger partial charge in [0.2, 0.25) is 0 Å². The Morgan fingerprint density at radius 1 is 1.31 bits per heavy atom. The second kappa shape index (κ2) is 4.62. The summed E-state index contributed by atoms with van der Waals surface area (Å²) < 4.78 is 0. The molecule has 0 heterocycles. The van der Waals surface area contributed by atoms with Crippen molar-refractivity contribution in [2.45, 2.75) is 32.1 Å². The van der Waals surface area contributed by atoms with Crippen LogP contribution in [0, 0.1) is 34.5 Å². The summed E-state index contributed by atoms with van der Waals surface area (Å²) in [5, 5.41) is 17.0. The molecule has 3 nitrogen and oxygen atoms in total. The maximum absolute atomic E-state index is 11.3. The molecule has 0 aliphatic heterocycles. The Kier molecular flexibility index (Phi) is 3.46. The Bertz CT molecular complexity index is 252. The van der Waals surface area contributed by atoms with Crippen molar-refractivity contribution >= 4 is 5.78 Å². The Hall–Kier alpha value is -1.35. The zero-order valence-electron chi connectivity index (χ0n) is 7.49. The van der Waals surface area contributed by atoms with Crippen molar-refractivity contribution in [1.29, 1.82) is 10.5 Å². The summed E-state index contributed by atoms with van der Waals surface area (Å²) >= 11 is 0. The van der Waals surface area contributed by atoms with Crippen molar-refractivity contribution in [3.63, 3.8) is 0 Å². The van der Waals surface area contributed by atoms with Crippen LogP contribution in [0.25, 0.3) is 0 Å². The Labute approximate surface area is 78.0 Å². The summed E-state index contributed by atoms with van der Waals surface area (Å²) in [6, 6.07) is 3.43. The van der Waals surface area contributed by atoms with Crippen molar-refractivity contribution in [3.05, 3.63) is 0 Å². The van der Waals surface area contributed by atoms with E-state index in [1.54, 1.807) is 12.1 Å². The van der Waals surface area contributed by atoms with E-state index in [4.69, 9.17) is 10.5 Å². The second-order valence-electron chi connectivity index (χ2n) is 3.51. The van der Waals surface area contributed by atoms with E-state index in [0.29, 0.717) is 12.3 Å². The van der Waals surface area contributed by atoms with Gasteiger partial charge in [-0.1, -0.05) is 25.7 Å². The SMILES string of the molecule is N#CC(C#N)C(=O)CC1CCCC1. The molecule has 1 fully saturated rings. The zero-order chi connectivity index (χ0) is 9.68. The molecule has 0 amide bonds. The third-order valence-electron chi connectivity index (χ3n) is 2.54. The Morgan fingerprint density at radius 3 is 2.31 bits per heavy atom. The van der Waals surface area contributed by atoms with E-state index in [2.05, 4.69) is 0 Å². The molecule has 0 atom stereocenters. The van der Waals surface area contributed by atoms with Gasteiger partial charge in [0.05, 0.1) is 12.1 Å². The first-order valence-corrected chi connectivity index (χ1v) is 4.60. The molecule has 0 bridgehead atoms. The van der Waals surface area contributed by atoms with Crippen molar-refractivity contribution in [1.82, 2.24) is 0 Å². The first-order chi connectivity index (χ1) is 6.27. The lowest BCUT2D eigenvalue weighted by Crippen LogP contribution is -2.14. The van der Waals surface area contributed by atoms with Crippen molar-refractivity contribution in [3.8, 4) is 12.1 Å². The van der Waals surface area contributed by atoms with Crippen LogP contribution < -0.4 is 0 Å². The molecule has 0 unspecified atom stereocenters. The molecule has 0 aromatic rings. The molecule has 0 radical (unpaired) electrons. The highest BCUT2D eigenvalue weighted by molar-refractivity contribution is 5.85. The molecule has 1 aliphatic rings. The van der Waals surface area contributed by atoms with Crippen LogP contribution in [0.3, 0.4) is 0 Å². The number of carbonyl (C=O) groups is 1. The van der Waals surface area contributed by atoms with Gasteiger partial charge >= 0.3 is 0 Å². The lowest BCUT2D eigenvalue weighted by Gasteiger charge is -2.06. The van der Waals surface area contributed by atoms with E-state index in [-0.39, 0.29) is 5.78 Å². The molecule has 1 rings (SSSR count). The fourth-order valence-corrected chi connectivity index (χ4v) is 1.79. The Morgan fingerprint density at radius 2 is 1.85 bits per heavy atom. The third-order valence-corrected chi connectivity index (χ3v) is 2.54. The highest BCUT2D eigenvalue weighted by Crippen LogP contribution is 2.28. The maximum Gasteiger partial charge on any atom is 0.191 e. The van der Waals surface area contributed by atoms with Crippen molar-refractivity contribution < 1.29 is 4.79 Å². The van der Waals surface area contributed by atoms with Crippen molar-refractivity contribution in [2.75, 3.05) is 0 Å². The van der Waals surface area contributed by atoms with Gasteiger partial charge in [0.1, 0.15) is 0 Å². The van der Waals surface area contributed by atoms with Crippen LogP contribution in [0.2, 0.25) is 0 Å². The first kappa shape index (κ1) is 9.74. The summed E-state index contributed by atoms with van der Waals surface area (Å²) in [7, 11) is 0. The van der Waals surface area contributed by atoms with E-state index in [0.717, 1.165) is 12.8 Å². The fourth-order valence-electron chi connectivity index (χ4n) is 1.79. The van der Waals surface area contributed by atoms with Crippen LogP contribution in [-0.2, 0) is 4.79 Å². The van der Waals surface area contributed by atoms with E-state index in [9.17, 15) is 4.79 Å². The van der Waals surface area contributed by atoms with Crippen LogP contribution in [0.5, 0.6) is 0 Å². The predicted octanol–water partition coefficient (Wildman–Crippen LogP) is 1.80. The number of nitrogens with zero attached hydrogens (tertiary/aromatic N) is 2. The third kappa shape index (κ3) is 2.56. The number of rotatable bonds is 3. The molecule has 0 aromatic heterocycles. The minimum atomic E-state index is -1.04. The normalized spacial score (nSPS) is 16.8. The molecule has 1 saturated carbocycles. The van der Waals surface area contributed by atoms with E-state index < -0.39 is 5.92 Å². The molecular weight excluding hydrogens is 164 g/mol. The number of hydrogen-bond donors (Lipinski definition) is 0. The summed E-state index contributed by atoms with van der Waals surface area (Å²) in [6.07, 6.45) is 4.94. The van der Waals surface area contributed by atoms with Gasteiger partial charge < -0.3 is 0 Å². The van der Waals surface area contributed by atoms with Crippen LogP contribution in [0.1, 0.15) is 32.1 Å². The monoisotopic (exact) mass is 176 g/mol. The summed E-state index contributed by atoms with van der Waals surface area (Å²) in [4.78, 5) is 11.3. The number of carbonyl (C=O) groups excluding carboxylic acids is 1. The molecule has 68 valence electrons.